The first-order chi connectivity index (χ1) is 13.1. The average Bonchev–Trinajstić information content (AvgIpc) is 3.21. The number of hydrogen-bond donors (Lipinski definition) is 1. The molecule has 0 radical (unpaired) electrons. The standard InChI is InChI=1S/C21H19F2N3O/c22-15-5-3-14(4-6-15)12-25-20-17-11-16(23)7-8-19(17)24-13-18(20)21(27)26-9-1-2-10-26/h3-8,11,13H,1-2,9-10,12H2,(H,24,25). The highest BCUT2D eigenvalue weighted by Crippen LogP contribution is 2.29. The predicted octanol–water partition coefficient (Wildman–Crippen LogP) is 4.36. The summed E-state index contributed by atoms with van der Waals surface area (Å²) in [5.41, 5.74) is 2.45. The maximum Gasteiger partial charge on any atom is 0.257 e. The first-order valence-electron chi connectivity index (χ1n) is 8.98. The summed E-state index contributed by atoms with van der Waals surface area (Å²) < 4.78 is 27.0. The lowest BCUT2D eigenvalue weighted by Gasteiger charge is -2.19. The molecule has 0 saturated carbocycles. The summed E-state index contributed by atoms with van der Waals surface area (Å²) in [6.07, 6.45) is 3.52. The van der Waals surface area contributed by atoms with Crippen molar-refractivity contribution in [3.8, 4) is 0 Å². The van der Waals surface area contributed by atoms with E-state index in [0.717, 1.165) is 31.5 Å². The highest BCUT2D eigenvalue weighted by Gasteiger charge is 2.23. The lowest BCUT2D eigenvalue weighted by atomic mass is 10.1. The first-order valence-corrected chi connectivity index (χ1v) is 8.98. The number of nitrogens with zero attached hydrogens (tertiary/aromatic N) is 2. The van der Waals surface area contributed by atoms with Gasteiger partial charge in [-0.1, -0.05) is 12.1 Å². The number of rotatable bonds is 4. The van der Waals surface area contributed by atoms with Crippen molar-refractivity contribution in [3.05, 3.63) is 71.4 Å². The van der Waals surface area contributed by atoms with Crippen LogP contribution in [-0.2, 0) is 6.54 Å². The summed E-state index contributed by atoms with van der Waals surface area (Å²) in [7, 11) is 0. The highest BCUT2D eigenvalue weighted by molar-refractivity contribution is 6.07. The normalized spacial score (nSPS) is 13.9. The zero-order valence-corrected chi connectivity index (χ0v) is 14.7. The second kappa shape index (κ2) is 7.31. The van der Waals surface area contributed by atoms with Crippen molar-refractivity contribution in [3.63, 3.8) is 0 Å². The fourth-order valence-corrected chi connectivity index (χ4v) is 3.40. The van der Waals surface area contributed by atoms with E-state index in [0.29, 0.717) is 28.7 Å². The zero-order valence-electron chi connectivity index (χ0n) is 14.7. The van der Waals surface area contributed by atoms with Gasteiger partial charge >= 0.3 is 0 Å². The van der Waals surface area contributed by atoms with E-state index in [4.69, 9.17) is 0 Å². The summed E-state index contributed by atoms with van der Waals surface area (Å²) in [5, 5.41) is 3.80. The topological polar surface area (TPSA) is 45.2 Å². The lowest BCUT2D eigenvalue weighted by molar-refractivity contribution is 0.0793. The van der Waals surface area contributed by atoms with E-state index in [9.17, 15) is 13.6 Å². The van der Waals surface area contributed by atoms with E-state index in [1.807, 2.05) is 0 Å². The number of anilines is 1. The number of carbonyl (C=O) groups is 1. The van der Waals surface area contributed by atoms with Crippen LogP contribution in [0.25, 0.3) is 10.9 Å². The molecule has 0 unspecified atom stereocenters. The predicted molar refractivity (Wildman–Crippen MR) is 101 cm³/mol. The Bertz CT molecular complexity index is 983. The first kappa shape index (κ1) is 17.4. The van der Waals surface area contributed by atoms with E-state index in [-0.39, 0.29) is 17.5 Å². The number of carbonyl (C=O) groups excluding carboxylic acids is 1. The molecule has 0 aliphatic carbocycles. The third-order valence-electron chi connectivity index (χ3n) is 4.84. The molecule has 6 heteroatoms. The number of fused-ring (bicyclic) bond motifs is 1. The Kier molecular flexibility index (Phi) is 4.71. The van der Waals surface area contributed by atoms with Crippen molar-refractivity contribution in [2.75, 3.05) is 18.4 Å². The maximum atomic E-state index is 13.9. The van der Waals surface area contributed by atoms with Gasteiger partial charge in [-0.25, -0.2) is 8.78 Å². The maximum absolute atomic E-state index is 13.9. The molecule has 1 aliphatic heterocycles. The molecule has 1 amide bonds. The molecule has 1 fully saturated rings. The van der Waals surface area contributed by atoms with Crippen LogP contribution in [0.5, 0.6) is 0 Å². The smallest absolute Gasteiger partial charge is 0.257 e. The molecule has 2 heterocycles. The number of halogens is 2. The third kappa shape index (κ3) is 3.60. The van der Waals surface area contributed by atoms with Gasteiger partial charge in [-0.2, -0.15) is 0 Å². The molecule has 0 spiro atoms. The Hall–Kier alpha value is -3.02. The fourth-order valence-electron chi connectivity index (χ4n) is 3.40. The minimum absolute atomic E-state index is 0.104. The van der Waals surface area contributed by atoms with Gasteiger partial charge in [0.25, 0.3) is 5.91 Å². The van der Waals surface area contributed by atoms with Gasteiger partial charge in [0.2, 0.25) is 0 Å². The average molecular weight is 367 g/mol. The van der Waals surface area contributed by atoms with Gasteiger partial charge in [0.1, 0.15) is 11.6 Å². The van der Waals surface area contributed by atoms with Crippen LogP contribution >= 0.6 is 0 Å². The number of hydrogen-bond acceptors (Lipinski definition) is 3. The van der Waals surface area contributed by atoms with Gasteiger partial charge in [0.15, 0.2) is 0 Å². The molecule has 27 heavy (non-hydrogen) atoms. The molecule has 3 aromatic rings. The van der Waals surface area contributed by atoms with Crippen molar-refractivity contribution >= 4 is 22.5 Å². The Labute approximate surface area is 155 Å². The molecule has 4 nitrogen and oxygen atoms in total. The van der Waals surface area contributed by atoms with Crippen LogP contribution in [0.3, 0.4) is 0 Å². The van der Waals surface area contributed by atoms with Crippen molar-refractivity contribution in [2.45, 2.75) is 19.4 Å². The SMILES string of the molecule is O=C(c1cnc2ccc(F)cc2c1NCc1ccc(F)cc1)N1CCCC1. The second-order valence-corrected chi connectivity index (χ2v) is 6.69. The molecule has 1 aromatic heterocycles. The van der Waals surface area contributed by atoms with Crippen molar-refractivity contribution in [2.24, 2.45) is 0 Å². The van der Waals surface area contributed by atoms with E-state index in [1.54, 1.807) is 29.3 Å². The Morgan fingerprint density at radius 1 is 1.04 bits per heavy atom. The van der Waals surface area contributed by atoms with Gasteiger partial charge in [-0.15, -0.1) is 0 Å². The Morgan fingerprint density at radius 3 is 2.48 bits per heavy atom. The number of nitrogens with one attached hydrogen (secondary N) is 1. The molecule has 138 valence electrons. The van der Waals surface area contributed by atoms with Gasteiger partial charge in [0, 0.05) is 31.2 Å². The summed E-state index contributed by atoms with van der Waals surface area (Å²) in [6, 6.07) is 10.5. The van der Waals surface area contributed by atoms with E-state index in [2.05, 4.69) is 10.3 Å². The van der Waals surface area contributed by atoms with Crippen LogP contribution in [-0.4, -0.2) is 28.9 Å². The summed E-state index contributed by atoms with van der Waals surface area (Å²) in [4.78, 5) is 19.1. The lowest BCUT2D eigenvalue weighted by Crippen LogP contribution is -2.28. The second-order valence-electron chi connectivity index (χ2n) is 6.69. The minimum Gasteiger partial charge on any atom is -0.380 e. The summed E-state index contributed by atoms with van der Waals surface area (Å²) in [5.74, 6) is -0.798. The monoisotopic (exact) mass is 367 g/mol. The van der Waals surface area contributed by atoms with Crippen molar-refractivity contribution < 1.29 is 13.6 Å². The summed E-state index contributed by atoms with van der Waals surface area (Å²) in [6.45, 7) is 1.82. The minimum atomic E-state index is -0.389. The third-order valence-corrected chi connectivity index (χ3v) is 4.84. The largest absolute Gasteiger partial charge is 0.380 e. The highest BCUT2D eigenvalue weighted by atomic mass is 19.1. The van der Waals surface area contributed by atoms with E-state index < -0.39 is 0 Å². The molecular formula is C21H19F2N3O. The molecular weight excluding hydrogens is 348 g/mol. The molecule has 0 bridgehead atoms. The summed E-state index contributed by atoms with van der Waals surface area (Å²) >= 11 is 0. The van der Waals surface area contributed by atoms with Crippen LogP contribution in [0, 0.1) is 11.6 Å². The molecule has 1 aliphatic rings. The number of amides is 1. The van der Waals surface area contributed by atoms with Crippen LogP contribution < -0.4 is 5.32 Å². The van der Waals surface area contributed by atoms with E-state index >= 15 is 0 Å². The van der Waals surface area contributed by atoms with Crippen molar-refractivity contribution in [1.82, 2.24) is 9.88 Å². The number of pyridine rings is 1. The molecule has 1 N–H and O–H groups in total. The fraction of sp³-hybridized carbons (Fsp3) is 0.238. The van der Waals surface area contributed by atoms with Crippen molar-refractivity contribution in [1.29, 1.82) is 0 Å². The van der Waals surface area contributed by atoms with E-state index in [1.165, 1.54) is 24.3 Å². The quantitative estimate of drug-likeness (QED) is 0.745. The van der Waals surface area contributed by atoms with Crippen LogP contribution in [0.15, 0.2) is 48.7 Å². The Balaban J connectivity index is 1.73. The zero-order chi connectivity index (χ0) is 18.8. The molecule has 2 aromatic carbocycles. The molecule has 4 rings (SSSR count). The van der Waals surface area contributed by atoms with Gasteiger partial charge in [-0.3, -0.25) is 9.78 Å². The molecule has 0 atom stereocenters. The van der Waals surface area contributed by atoms with Gasteiger partial charge < -0.3 is 10.2 Å². The number of likely N-dealkylation sites (tertiary alicyclic amines) is 1. The van der Waals surface area contributed by atoms with Crippen LogP contribution in [0.4, 0.5) is 14.5 Å². The number of benzene rings is 2. The van der Waals surface area contributed by atoms with Gasteiger partial charge in [0.05, 0.1) is 16.8 Å². The Morgan fingerprint density at radius 2 is 1.74 bits per heavy atom. The van der Waals surface area contributed by atoms with Gasteiger partial charge in [-0.05, 0) is 48.7 Å². The number of aromatic nitrogens is 1. The molecule has 1 saturated heterocycles. The van der Waals surface area contributed by atoms with Crippen LogP contribution in [0.2, 0.25) is 0 Å². The van der Waals surface area contributed by atoms with Crippen LogP contribution in [0.1, 0.15) is 28.8 Å².